The van der Waals surface area contributed by atoms with E-state index in [1.165, 1.54) is 13.2 Å². The molecule has 0 radical (unpaired) electrons. The van der Waals surface area contributed by atoms with Crippen LogP contribution in [-0.2, 0) is 60.8 Å². The van der Waals surface area contributed by atoms with Gasteiger partial charge in [-0.3, -0.25) is 33.6 Å². The summed E-state index contributed by atoms with van der Waals surface area (Å²) in [5, 5.41) is 17.0. The molecule has 19 heteroatoms. The first-order valence-corrected chi connectivity index (χ1v) is 24.1. The lowest BCUT2D eigenvalue weighted by atomic mass is 9.86. The minimum atomic E-state index is -1.17. The highest BCUT2D eigenvalue weighted by atomic mass is 35.5. The number of carbonyl (C=O) groups is 8. The Kier molecular flexibility index (Phi) is 20.4. The van der Waals surface area contributed by atoms with E-state index in [1.54, 1.807) is 58.9 Å². The second-order valence-corrected chi connectivity index (χ2v) is 20.8. The van der Waals surface area contributed by atoms with Gasteiger partial charge in [-0.25, -0.2) is 4.79 Å². The third kappa shape index (κ3) is 17.4. The number of hydrogen-bond donors (Lipinski definition) is 7. The molecule has 0 bridgehead atoms. The molecule has 1 fully saturated rings. The molecule has 0 saturated carbocycles. The summed E-state index contributed by atoms with van der Waals surface area (Å²) in [6.45, 7) is 16.2. The van der Waals surface area contributed by atoms with Gasteiger partial charge in [-0.15, -0.1) is 0 Å². The normalized spacial score (nSPS) is 22.7. The summed E-state index contributed by atoms with van der Waals surface area (Å²) < 4.78 is 17.7. The van der Waals surface area contributed by atoms with Crippen LogP contribution < -0.4 is 42.4 Å². The predicted octanol–water partition coefficient (Wildman–Crippen LogP) is 4.00. The van der Waals surface area contributed by atoms with Crippen LogP contribution in [0.5, 0.6) is 5.75 Å². The number of esters is 1. The second-order valence-electron chi connectivity index (χ2n) is 20.4. The van der Waals surface area contributed by atoms with Gasteiger partial charge in [-0.1, -0.05) is 89.6 Å². The molecule has 1 saturated heterocycles. The van der Waals surface area contributed by atoms with Crippen molar-refractivity contribution in [1.29, 1.82) is 0 Å². The molecule has 2 aromatic carbocycles. The maximum Gasteiger partial charge on any atom is 0.328 e. The molecule has 2 aromatic rings. The summed E-state index contributed by atoms with van der Waals surface area (Å²) >= 11 is 6.38. The minimum Gasteiger partial charge on any atom is -0.495 e. The molecule has 2 aliphatic rings. The molecule has 4 rings (SSSR count). The molecule has 7 amide bonds. The van der Waals surface area contributed by atoms with E-state index in [1.807, 2.05) is 52.0 Å². The highest BCUT2D eigenvalue weighted by Gasteiger charge is 2.48. The van der Waals surface area contributed by atoms with Crippen LogP contribution in [0, 0.1) is 22.7 Å². The molecular weight excluding hydrogens is 922 g/mol. The monoisotopic (exact) mass is 993 g/mol. The first-order valence-electron chi connectivity index (χ1n) is 23.8. The molecule has 0 aliphatic carbocycles. The number of methoxy groups -OCH3 is 1. The molecule has 8 atom stereocenters. The first-order chi connectivity index (χ1) is 32.8. The quantitative estimate of drug-likeness (QED) is 0.0829. The van der Waals surface area contributed by atoms with E-state index in [-0.39, 0.29) is 75.7 Å². The van der Waals surface area contributed by atoms with Crippen LogP contribution in [0.25, 0.3) is 0 Å². The molecule has 384 valence electrons. The van der Waals surface area contributed by atoms with Gasteiger partial charge < -0.3 is 51.8 Å². The van der Waals surface area contributed by atoms with Gasteiger partial charge in [0.05, 0.1) is 23.7 Å². The number of carbonyl (C=O) groups excluding carboxylic acids is 8. The van der Waals surface area contributed by atoms with Crippen LogP contribution in [0.15, 0.2) is 54.6 Å². The van der Waals surface area contributed by atoms with Crippen molar-refractivity contribution in [3.63, 3.8) is 0 Å². The van der Waals surface area contributed by atoms with Gasteiger partial charge in [0.25, 0.3) is 0 Å². The standard InChI is InChI=1S/C51H72ClN7O11/c1-28(2)42(59-41(62)16-12-14-39(53)60)47(65)56-30(4)45(63)54-26-31-17-20-33(21-18-31)44-43(70-44)29(3)37-13-11-15-40(61)57-35(24-32-19-22-38(68-10)34(52)23-32)46(64)55-27-51(8,9)49(67)58-36(48(66)69-37)25-50(5,6)7/h11,15,17-23,28-30,35-37,42-44H,12-14,16,24-27H2,1-10H3,(H2,53,60)(H,54,63)(H,55,64)(H,56,65)(H,57,61)(H,58,67)(H,59,62)/b15-11+/t29-,30-,35+,36-,37-,42-,43+,44+/m0/s1. The Balaban J connectivity index is 1.45. The third-order valence-electron chi connectivity index (χ3n) is 12.2. The molecular formula is C51H72ClN7O11. The number of primary amides is 1. The van der Waals surface area contributed by atoms with Gasteiger partial charge in [-0.05, 0) is 79.8 Å². The van der Waals surface area contributed by atoms with Crippen LogP contribution in [-0.4, -0.2) is 97.3 Å². The zero-order chi connectivity index (χ0) is 52.1. The number of rotatable bonds is 18. The maximum absolute atomic E-state index is 14.1. The van der Waals surface area contributed by atoms with Crippen molar-refractivity contribution in [3.8, 4) is 5.75 Å². The largest absolute Gasteiger partial charge is 0.495 e. The Morgan fingerprint density at radius 1 is 0.914 bits per heavy atom. The number of nitrogens with one attached hydrogen (secondary N) is 6. The summed E-state index contributed by atoms with van der Waals surface area (Å²) in [6, 6.07) is 8.66. The van der Waals surface area contributed by atoms with E-state index in [2.05, 4.69) is 31.9 Å². The number of halogens is 1. The Morgan fingerprint density at radius 3 is 2.20 bits per heavy atom. The Hall–Kier alpha value is -6.01. The SMILES string of the molecule is COc1ccc(C[C@H]2NC(=O)/C=C/C[C@@H]([C@H](C)[C@H]3O[C@@H]3c3ccc(CNC(=O)[C@H](C)NC(=O)[C@@H](NC(=O)CCCC(N)=O)C(C)C)cc3)OC(=O)[C@H](CC(C)(C)C)NC(=O)C(C)(C)CNC2=O)cc1Cl. The second kappa shape index (κ2) is 25.2. The van der Waals surface area contributed by atoms with E-state index in [4.69, 9.17) is 31.5 Å². The number of benzene rings is 2. The van der Waals surface area contributed by atoms with E-state index >= 15 is 0 Å². The minimum absolute atomic E-state index is 0.0322. The van der Waals surface area contributed by atoms with Crippen LogP contribution in [0.4, 0.5) is 0 Å². The van der Waals surface area contributed by atoms with Crippen molar-refractivity contribution in [3.05, 3.63) is 76.3 Å². The molecule has 2 heterocycles. The van der Waals surface area contributed by atoms with Gasteiger partial charge >= 0.3 is 5.97 Å². The van der Waals surface area contributed by atoms with Crippen LogP contribution in [0.2, 0.25) is 5.02 Å². The molecule has 0 spiro atoms. The maximum atomic E-state index is 14.1. The molecule has 18 nitrogen and oxygen atoms in total. The van der Waals surface area contributed by atoms with Crippen LogP contribution in [0.3, 0.4) is 0 Å². The van der Waals surface area contributed by atoms with E-state index in [0.717, 1.165) is 11.1 Å². The predicted molar refractivity (Wildman–Crippen MR) is 263 cm³/mol. The lowest BCUT2D eigenvalue weighted by Crippen LogP contribution is -2.54. The van der Waals surface area contributed by atoms with Gasteiger partial charge in [0.15, 0.2) is 0 Å². The van der Waals surface area contributed by atoms with Gasteiger partial charge in [-0.2, -0.15) is 0 Å². The summed E-state index contributed by atoms with van der Waals surface area (Å²) in [6.07, 6.45) is 2.18. The average molecular weight is 995 g/mol. The van der Waals surface area contributed by atoms with Gasteiger partial charge in [0, 0.05) is 44.7 Å². The lowest BCUT2D eigenvalue weighted by molar-refractivity contribution is -0.157. The third-order valence-corrected chi connectivity index (χ3v) is 12.5. The first kappa shape index (κ1) is 56.6. The Labute approximate surface area is 416 Å². The van der Waals surface area contributed by atoms with E-state index in [0.29, 0.717) is 16.3 Å². The summed E-state index contributed by atoms with van der Waals surface area (Å²) in [5.41, 5.74) is 5.88. The molecule has 8 N–H and O–H groups in total. The Morgan fingerprint density at radius 2 is 1.59 bits per heavy atom. The van der Waals surface area contributed by atoms with E-state index < -0.39 is 88.4 Å². The number of cyclic esters (lactones) is 1. The summed E-state index contributed by atoms with van der Waals surface area (Å²) in [7, 11) is 1.49. The fraction of sp³-hybridized carbons (Fsp3) is 0.569. The fourth-order valence-corrected chi connectivity index (χ4v) is 8.11. The zero-order valence-corrected chi connectivity index (χ0v) is 42.8. The van der Waals surface area contributed by atoms with Gasteiger partial charge in [0.2, 0.25) is 41.4 Å². The number of nitrogens with two attached hydrogens (primary N) is 1. The smallest absolute Gasteiger partial charge is 0.328 e. The summed E-state index contributed by atoms with van der Waals surface area (Å²) in [4.78, 5) is 105. The van der Waals surface area contributed by atoms with Crippen molar-refractivity contribution < 1.29 is 52.6 Å². The van der Waals surface area contributed by atoms with Crippen LogP contribution in [0.1, 0.15) is 117 Å². The number of ether oxygens (including phenoxy) is 3. The van der Waals surface area contributed by atoms with Crippen molar-refractivity contribution in [2.75, 3.05) is 13.7 Å². The molecule has 70 heavy (non-hydrogen) atoms. The number of amides is 7. The zero-order valence-electron chi connectivity index (χ0n) is 42.0. The van der Waals surface area contributed by atoms with Crippen molar-refractivity contribution in [2.45, 2.75) is 150 Å². The number of epoxide rings is 1. The van der Waals surface area contributed by atoms with Crippen molar-refractivity contribution in [1.82, 2.24) is 31.9 Å². The van der Waals surface area contributed by atoms with E-state index in [9.17, 15) is 38.4 Å². The van der Waals surface area contributed by atoms with Crippen LogP contribution >= 0.6 is 11.6 Å². The lowest BCUT2D eigenvalue weighted by Gasteiger charge is -2.32. The highest BCUT2D eigenvalue weighted by molar-refractivity contribution is 6.32. The number of hydrogen-bond acceptors (Lipinski definition) is 11. The molecule has 2 aliphatic heterocycles. The van der Waals surface area contributed by atoms with Gasteiger partial charge in [0.1, 0.15) is 42.1 Å². The van der Waals surface area contributed by atoms with Crippen molar-refractivity contribution in [2.24, 2.45) is 28.4 Å². The summed E-state index contributed by atoms with van der Waals surface area (Å²) in [5.74, 6) is -4.24. The average Bonchev–Trinajstić information content (AvgIpc) is 4.08. The molecule has 0 unspecified atom stereocenters. The Bertz CT molecular complexity index is 2240. The van der Waals surface area contributed by atoms with Crippen molar-refractivity contribution >= 4 is 58.9 Å². The topological polar surface area (TPSA) is 266 Å². The highest BCUT2D eigenvalue weighted by Crippen LogP contribution is 2.45. The fourth-order valence-electron chi connectivity index (χ4n) is 7.83. The molecule has 0 aromatic heterocycles.